The number of nitrogens with one attached hydrogen (secondary N) is 1. The monoisotopic (exact) mass is 214 g/mol. The molecular formula is C12H10N2O2. The molecule has 0 fully saturated rings. The van der Waals surface area contributed by atoms with Crippen LogP contribution in [0.3, 0.4) is 0 Å². The van der Waals surface area contributed by atoms with Crippen LogP contribution in [-0.4, -0.2) is 10.1 Å². The summed E-state index contributed by atoms with van der Waals surface area (Å²) in [5, 5.41) is 19.2. The molecule has 0 aliphatic heterocycles. The molecule has 80 valence electrons. The zero-order chi connectivity index (χ0) is 11.7. The van der Waals surface area contributed by atoms with Crippen LogP contribution < -0.4 is 5.56 Å². The maximum absolute atomic E-state index is 11.7. The molecule has 0 saturated carbocycles. The maximum atomic E-state index is 11.7. The van der Waals surface area contributed by atoms with E-state index < -0.39 is 6.10 Å². The van der Waals surface area contributed by atoms with E-state index in [2.05, 4.69) is 4.98 Å². The van der Waals surface area contributed by atoms with Gasteiger partial charge in [0.1, 0.15) is 6.07 Å². The number of hydrogen-bond acceptors (Lipinski definition) is 3. The molecular weight excluding hydrogens is 204 g/mol. The quantitative estimate of drug-likeness (QED) is 0.704. The van der Waals surface area contributed by atoms with Crippen molar-refractivity contribution in [2.24, 2.45) is 0 Å². The highest BCUT2D eigenvalue weighted by molar-refractivity contribution is 5.82. The predicted molar refractivity (Wildman–Crippen MR) is 59.9 cm³/mol. The molecule has 4 nitrogen and oxygen atoms in total. The molecule has 0 aliphatic carbocycles. The Morgan fingerprint density at radius 3 is 2.88 bits per heavy atom. The van der Waals surface area contributed by atoms with Crippen LogP contribution in [0, 0.1) is 18.3 Å². The molecule has 0 spiro atoms. The lowest BCUT2D eigenvalue weighted by atomic mass is 10.1. The van der Waals surface area contributed by atoms with Crippen molar-refractivity contribution in [3.8, 4) is 6.07 Å². The minimum absolute atomic E-state index is 0.227. The second-order valence-corrected chi connectivity index (χ2v) is 3.68. The summed E-state index contributed by atoms with van der Waals surface area (Å²) in [4.78, 5) is 14.1. The van der Waals surface area contributed by atoms with E-state index in [9.17, 15) is 9.90 Å². The van der Waals surface area contributed by atoms with Crippen LogP contribution in [0.4, 0.5) is 0 Å². The topological polar surface area (TPSA) is 76.9 Å². The molecule has 2 N–H and O–H groups in total. The van der Waals surface area contributed by atoms with Crippen molar-refractivity contribution in [3.05, 3.63) is 45.9 Å². The number of aliphatic hydroxyl groups is 1. The number of nitriles is 1. The number of hydrogen-bond donors (Lipinski definition) is 2. The van der Waals surface area contributed by atoms with E-state index >= 15 is 0 Å². The Labute approximate surface area is 91.8 Å². The Kier molecular flexibility index (Phi) is 2.47. The average Bonchev–Trinajstić information content (AvgIpc) is 2.27. The third kappa shape index (κ3) is 1.69. The van der Waals surface area contributed by atoms with E-state index in [-0.39, 0.29) is 11.3 Å². The Morgan fingerprint density at radius 1 is 1.44 bits per heavy atom. The van der Waals surface area contributed by atoms with Crippen molar-refractivity contribution in [2.45, 2.75) is 13.0 Å². The van der Waals surface area contributed by atoms with E-state index in [0.29, 0.717) is 5.39 Å². The Balaban J connectivity index is 2.76. The molecule has 16 heavy (non-hydrogen) atoms. The highest BCUT2D eigenvalue weighted by Gasteiger charge is 2.09. The first-order valence-electron chi connectivity index (χ1n) is 4.83. The zero-order valence-electron chi connectivity index (χ0n) is 8.69. The third-order valence-corrected chi connectivity index (χ3v) is 2.44. The van der Waals surface area contributed by atoms with Crippen LogP contribution in [0.2, 0.25) is 0 Å². The Bertz CT molecular complexity index is 637. The number of fused-ring (bicyclic) bond motifs is 1. The van der Waals surface area contributed by atoms with Crippen molar-refractivity contribution >= 4 is 10.8 Å². The number of pyridine rings is 1. The van der Waals surface area contributed by atoms with Crippen molar-refractivity contribution in [3.63, 3.8) is 0 Å². The molecule has 2 aromatic rings. The molecule has 0 saturated heterocycles. The minimum Gasteiger partial charge on any atom is -0.373 e. The summed E-state index contributed by atoms with van der Waals surface area (Å²) in [5.41, 5.74) is 0.961. The van der Waals surface area contributed by atoms with Gasteiger partial charge < -0.3 is 10.1 Å². The lowest BCUT2D eigenvalue weighted by Gasteiger charge is -2.04. The Hall–Kier alpha value is -2.12. The third-order valence-electron chi connectivity index (χ3n) is 2.44. The summed E-state index contributed by atoms with van der Waals surface area (Å²) in [6.07, 6.45) is -1.29. The first kappa shape index (κ1) is 10.4. The van der Waals surface area contributed by atoms with Gasteiger partial charge in [0.2, 0.25) is 0 Å². The number of aromatic nitrogens is 1. The van der Waals surface area contributed by atoms with E-state index in [4.69, 9.17) is 5.26 Å². The fourth-order valence-corrected chi connectivity index (χ4v) is 1.63. The molecule has 1 aromatic heterocycles. The number of benzene rings is 1. The van der Waals surface area contributed by atoms with Crippen molar-refractivity contribution in [1.29, 1.82) is 5.26 Å². The van der Waals surface area contributed by atoms with Crippen LogP contribution in [0.1, 0.15) is 17.4 Å². The highest BCUT2D eigenvalue weighted by atomic mass is 16.3. The van der Waals surface area contributed by atoms with Gasteiger partial charge in [0.15, 0.2) is 6.10 Å². The first-order valence-corrected chi connectivity index (χ1v) is 4.83. The lowest BCUT2D eigenvalue weighted by Crippen LogP contribution is -2.11. The van der Waals surface area contributed by atoms with E-state index in [0.717, 1.165) is 10.9 Å². The molecule has 4 heteroatoms. The number of H-pyrrole nitrogens is 1. The summed E-state index contributed by atoms with van der Waals surface area (Å²) in [6, 6.07) is 8.71. The van der Waals surface area contributed by atoms with Crippen LogP contribution >= 0.6 is 0 Å². The second-order valence-electron chi connectivity index (χ2n) is 3.68. The molecule has 0 amide bonds. The van der Waals surface area contributed by atoms with Crippen LogP contribution in [0.15, 0.2) is 29.1 Å². The molecule has 1 heterocycles. The minimum atomic E-state index is -1.29. The van der Waals surface area contributed by atoms with E-state index in [1.807, 2.05) is 19.1 Å². The molecule has 0 radical (unpaired) electrons. The predicted octanol–water partition coefficient (Wildman–Crippen LogP) is 1.39. The second kappa shape index (κ2) is 3.80. The summed E-state index contributed by atoms with van der Waals surface area (Å²) in [7, 11) is 0. The number of rotatable bonds is 1. The first-order chi connectivity index (χ1) is 7.61. The molecule has 2 rings (SSSR count). The number of aromatic amines is 1. The van der Waals surface area contributed by atoms with Gasteiger partial charge in [-0.1, -0.05) is 17.7 Å². The fraction of sp³-hybridized carbons (Fsp3) is 0.167. The number of nitrogens with zero attached hydrogens (tertiary/aromatic N) is 1. The van der Waals surface area contributed by atoms with E-state index in [1.54, 1.807) is 18.2 Å². The molecule has 0 aliphatic rings. The van der Waals surface area contributed by atoms with Crippen molar-refractivity contribution < 1.29 is 5.11 Å². The summed E-state index contributed by atoms with van der Waals surface area (Å²) >= 11 is 0. The standard InChI is InChI=1S/C12H10N2O2/c1-7-2-3-9-8(4-7)5-10(11(15)6-13)14-12(9)16/h2-5,11,15H,1H3,(H,14,16). The Morgan fingerprint density at radius 2 is 2.19 bits per heavy atom. The highest BCUT2D eigenvalue weighted by Crippen LogP contribution is 2.16. The maximum Gasteiger partial charge on any atom is 0.256 e. The van der Waals surface area contributed by atoms with Gasteiger partial charge >= 0.3 is 0 Å². The van der Waals surface area contributed by atoms with Gasteiger partial charge in [0, 0.05) is 5.39 Å². The zero-order valence-corrected chi connectivity index (χ0v) is 8.69. The fourth-order valence-electron chi connectivity index (χ4n) is 1.63. The SMILES string of the molecule is Cc1ccc2c(=O)[nH]c(C(O)C#N)cc2c1. The van der Waals surface area contributed by atoms with Gasteiger partial charge in [-0.25, -0.2) is 0 Å². The van der Waals surface area contributed by atoms with Crippen molar-refractivity contribution in [1.82, 2.24) is 4.98 Å². The van der Waals surface area contributed by atoms with Gasteiger partial charge in [-0.2, -0.15) is 5.26 Å². The smallest absolute Gasteiger partial charge is 0.256 e. The largest absolute Gasteiger partial charge is 0.373 e. The molecule has 1 unspecified atom stereocenters. The number of aliphatic hydroxyl groups excluding tert-OH is 1. The van der Waals surface area contributed by atoms with Crippen LogP contribution in [-0.2, 0) is 0 Å². The normalized spacial score (nSPS) is 12.3. The van der Waals surface area contributed by atoms with Gasteiger partial charge in [0.25, 0.3) is 5.56 Å². The van der Waals surface area contributed by atoms with Gasteiger partial charge in [-0.3, -0.25) is 4.79 Å². The lowest BCUT2D eigenvalue weighted by molar-refractivity contribution is 0.231. The van der Waals surface area contributed by atoms with Gasteiger partial charge in [-0.15, -0.1) is 0 Å². The average molecular weight is 214 g/mol. The van der Waals surface area contributed by atoms with Gasteiger partial charge in [0.05, 0.1) is 5.69 Å². The summed E-state index contributed by atoms with van der Waals surface area (Å²) in [5.74, 6) is 0. The number of aryl methyl sites for hydroxylation is 1. The molecule has 1 atom stereocenters. The molecule has 0 bridgehead atoms. The van der Waals surface area contributed by atoms with E-state index in [1.165, 1.54) is 0 Å². The van der Waals surface area contributed by atoms with Crippen LogP contribution in [0.5, 0.6) is 0 Å². The van der Waals surface area contributed by atoms with Gasteiger partial charge in [-0.05, 0) is 24.4 Å². The van der Waals surface area contributed by atoms with Crippen molar-refractivity contribution in [2.75, 3.05) is 0 Å². The van der Waals surface area contributed by atoms with Crippen LogP contribution in [0.25, 0.3) is 10.8 Å². The summed E-state index contributed by atoms with van der Waals surface area (Å²) < 4.78 is 0. The molecule has 1 aromatic carbocycles. The summed E-state index contributed by atoms with van der Waals surface area (Å²) in [6.45, 7) is 1.92.